The fourth-order valence-corrected chi connectivity index (χ4v) is 2.30. The standard InChI is InChI=1S/C12H18N2O2/c1-3-11-13-10(12(15)16)7-14(11)8(2)9-5-4-6-9/h7-9H,3-6H2,1-2H3,(H,15,16)/t8-/m0/s1. The third kappa shape index (κ3) is 1.84. The molecule has 1 saturated carbocycles. The van der Waals surface area contributed by atoms with Crippen molar-refractivity contribution in [1.82, 2.24) is 9.55 Å². The Hall–Kier alpha value is -1.32. The summed E-state index contributed by atoms with van der Waals surface area (Å²) in [5, 5.41) is 8.93. The Kier molecular flexibility index (Phi) is 2.99. The van der Waals surface area contributed by atoms with Gasteiger partial charge in [-0.05, 0) is 25.7 Å². The van der Waals surface area contributed by atoms with Crippen molar-refractivity contribution in [2.45, 2.75) is 45.6 Å². The average Bonchev–Trinajstić information content (AvgIpc) is 2.58. The van der Waals surface area contributed by atoms with Gasteiger partial charge in [-0.1, -0.05) is 13.3 Å². The van der Waals surface area contributed by atoms with E-state index in [0.717, 1.165) is 12.2 Å². The second kappa shape index (κ2) is 4.28. The van der Waals surface area contributed by atoms with Crippen LogP contribution in [0.25, 0.3) is 0 Å². The van der Waals surface area contributed by atoms with E-state index in [1.54, 1.807) is 6.20 Å². The van der Waals surface area contributed by atoms with Gasteiger partial charge in [0.25, 0.3) is 0 Å². The molecule has 0 unspecified atom stereocenters. The highest BCUT2D eigenvalue weighted by Crippen LogP contribution is 2.36. The molecule has 0 saturated heterocycles. The van der Waals surface area contributed by atoms with Crippen molar-refractivity contribution in [2.24, 2.45) is 5.92 Å². The first-order valence-electron chi connectivity index (χ1n) is 5.94. The number of carboxylic acids is 1. The lowest BCUT2D eigenvalue weighted by molar-refractivity contribution is 0.0690. The number of hydrogen-bond acceptors (Lipinski definition) is 2. The summed E-state index contributed by atoms with van der Waals surface area (Å²) in [5.41, 5.74) is 0.169. The van der Waals surface area contributed by atoms with Gasteiger partial charge in [-0.25, -0.2) is 9.78 Å². The van der Waals surface area contributed by atoms with Gasteiger partial charge in [0, 0.05) is 18.7 Å². The van der Waals surface area contributed by atoms with E-state index in [9.17, 15) is 4.79 Å². The molecular formula is C12H18N2O2. The van der Waals surface area contributed by atoms with Gasteiger partial charge in [0.05, 0.1) is 0 Å². The van der Waals surface area contributed by atoms with Gasteiger partial charge < -0.3 is 9.67 Å². The van der Waals surface area contributed by atoms with E-state index in [4.69, 9.17) is 5.11 Å². The number of hydrogen-bond donors (Lipinski definition) is 1. The first kappa shape index (κ1) is 11.2. The van der Waals surface area contributed by atoms with Crippen LogP contribution in [0.3, 0.4) is 0 Å². The van der Waals surface area contributed by atoms with Gasteiger partial charge in [-0.15, -0.1) is 0 Å². The molecular weight excluding hydrogens is 204 g/mol. The lowest BCUT2D eigenvalue weighted by Gasteiger charge is -2.32. The largest absolute Gasteiger partial charge is 0.476 e. The van der Waals surface area contributed by atoms with Gasteiger partial charge in [0.2, 0.25) is 0 Å². The maximum atomic E-state index is 10.9. The van der Waals surface area contributed by atoms with Crippen molar-refractivity contribution in [3.8, 4) is 0 Å². The number of nitrogens with zero attached hydrogens (tertiary/aromatic N) is 2. The predicted octanol–water partition coefficient (Wildman–Crippen LogP) is 2.50. The number of aryl methyl sites for hydroxylation is 1. The quantitative estimate of drug-likeness (QED) is 0.851. The number of aromatic nitrogens is 2. The predicted molar refractivity (Wildman–Crippen MR) is 60.6 cm³/mol. The summed E-state index contributed by atoms with van der Waals surface area (Å²) >= 11 is 0. The summed E-state index contributed by atoms with van der Waals surface area (Å²) < 4.78 is 2.05. The molecule has 2 rings (SSSR count). The summed E-state index contributed by atoms with van der Waals surface area (Å²) in [6.07, 6.45) is 6.28. The van der Waals surface area contributed by atoms with Crippen molar-refractivity contribution >= 4 is 5.97 Å². The van der Waals surface area contributed by atoms with Crippen molar-refractivity contribution in [3.05, 3.63) is 17.7 Å². The zero-order valence-electron chi connectivity index (χ0n) is 9.81. The molecule has 88 valence electrons. The molecule has 1 N–H and O–H groups in total. The highest BCUT2D eigenvalue weighted by Gasteiger charge is 2.27. The van der Waals surface area contributed by atoms with Crippen LogP contribution in [0.15, 0.2) is 6.20 Å². The molecule has 0 aromatic carbocycles. The number of aromatic carboxylic acids is 1. The minimum absolute atomic E-state index is 0.169. The van der Waals surface area contributed by atoms with Gasteiger partial charge in [-0.3, -0.25) is 0 Å². The Labute approximate surface area is 95.3 Å². The highest BCUT2D eigenvalue weighted by molar-refractivity contribution is 5.85. The Balaban J connectivity index is 2.26. The first-order chi connectivity index (χ1) is 7.63. The minimum Gasteiger partial charge on any atom is -0.476 e. The van der Waals surface area contributed by atoms with Crippen LogP contribution in [0.1, 0.15) is 55.5 Å². The molecule has 0 radical (unpaired) electrons. The molecule has 4 heteroatoms. The summed E-state index contributed by atoms with van der Waals surface area (Å²) in [5.74, 6) is 0.646. The van der Waals surface area contributed by atoms with Gasteiger partial charge in [0.1, 0.15) is 5.82 Å². The van der Waals surface area contributed by atoms with Gasteiger partial charge in [0.15, 0.2) is 5.69 Å². The molecule has 1 aliphatic rings. The Morgan fingerprint density at radius 3 is 2.81 bits per heavy atom. The monoisotopic (exact) mass is 222 g/mol. The summed E-state index contributed by atoms with van der Waals surface area (Å²) in [6, 6.07) is 0.379. The van der Waals surface area contributed by atoms with Crippen LogP contribution in [-0.2, 0) is 6.42 Å². The Bertz CT molecular complexity index is 394. The first-order valence-corrected chi connectivity index (χ1v) is 5.94. The van der Waals surface area contributed by atoms with Crippen LogP contribution < -0.4 is 0 Å². The van der Waals surface area contributed by atoms with Crippen molar-refractivity contribution in [1.29, 1.82) is 0 Å². The smallest absolute Gasteiger partial charge is 0.356 e. The Morgan fingerprint density at radius 2 is 2.38 bits per heavy atom. The van der Waals surface area contributed by atoms with Crippen LogP contribution in [0.2, 0.25) is 0 Å². The van der Waals surface area contributed by atoms with E-state index in [1.165, 1.54) is 19.3 Å². The third-order valence-electron chi connectivity index (χ3n) is 3.62. The molecule has 0 aliphatic heterocycles. The van der Waals surface area contributed by atoms with Gasteiger partial charge >= 0.3 is 5.97 Å². The van der Waals surface area contributed by atoms with E-state index in [-0.39, 0.29) is 5.69 Å². The van der Waals surface area contributed by atoms with Crippen LogP contribution in [0.5, 0.6) is 0 Å². The van der Waals surface area contributed by atoms with E-state index < -0.39 is 5.97 Å². The minimum atomic E-state index is -0.936. The average molecular weight is 222 g/mol. The molecule has 1 fully saturated rings. The lowest BCUT2D eigenvalue weighted by Crippen LogP contribution is -2.23. The fraction of sp³-hybridized carbons (Fsp3) is 0.667. The van der Waals surface area contributed by atoms with E-state index in [0.29, 0.717) is 12.0 Å². The van der Waals surface area contributed by atoms with E-state index in [1.807, 2.05) is 11.5 Å². The fourth-order valence-electron chi connectivity index (χ4n) is 2.30. The van der Waals surface area contributed by atoms with Crippen LogP contribution in [0.4, 0.5) is 0 Å². The number of imidazole rings is 1. The molecule has 0 amide bonds. The zero-order chi connectivity index (χ0) is 11.7. The second-order valence-corrected chi connectivity index (χ2v) is 4.54. The third-order valence-corrected chi connectivity index (χ3v) is 3.62. The summed E-state index contributed by atoms with van der Waals surface area (Å²) in [4.78, 5) is 15.0. The molecule has 1 atom stereocenters. The van der Waals surface area contributed by atoms with E-state index in [2.05, 4.69) is 11.9 Å². The SMILES string of the molecule is CCc1nc(C(=O)O)cn1[C@@H](C)C1CCC1. The molecule has 0 spiro atoms. The summed E-state index contributed by atoms with van der Waals surface area (Å²) in [6.45, 7) is 4.17. The highest BCUT2D eigenvalue weighted by atomic mass is 16.4. The molecule has 4 nitrogen and oxygen atoms in total. The maximum Gasteiger partial charge on any atom is 0.356 e. The number of carbonyl (C=O) groups is 1. The topological polar surface area (TPSA) is 55.1 Å². The molecule has 1 aromatic rings. The van der Waals surface area contributed by atoms with Crippen molar-refractivity contribution < 1.29 is 9.90 Å². The molecule has 0 bridgehead atoms. The lowest BCUT2D eigenvalue weighted by atomic mass is 9.80. The normalized spacial score (nSPS) is 18.1. The molecule has 1 aromatic heterocycles. The molecule has 1 aliphatic carbocycles. The van der Waals surface area contributed by atoms with Crippen LogP contribution >= 0.6 is 0 Å². The van der Waals surface area contributed by atoms with Crippen molar-refractivity contribution in [2.75, 3.05) is 0 Å². The van der Waals surface area contributed by atoms with Gasteiger partial charge in [-0.2, -0.15) is 0 Å². The maximum absolute atomic E-state index is 10.9. The Morgan fingerprint density at radius 1 is 1.69 bits per heavy atom. The van der Waals surface area contributed by atoms with E-state index >= 15 is 0 Å². The molecule has 1 heterocycles. The molecule has 16 heavy (non-hydrogen) atoms. The second-order valence-electron chi connectivity index (χ2n) is 4.54. The summed E-state index contributed by atoms with van der Waals surface area (Å²) in [7, 11) is 0. The zero-order valence-corrected chi connectivity index (χ0v) is 9.81. The van der Waals surface area contributed by atoms with Crippen LogP contribution in [0, 0.1) is 5.92 Å². The number of carboxylic acid groups (broad SMARTS) is 1. The number of rotatable bonds is 4. The van der Waals surface area contributed by atoms with Crippen molar-refractivity contribution in [3.63, 3.8) is 0 Å². The van der Waals surface area contributed by atoms with Crippen LogP contribution in [-0.4, -0.2) is 20.6 Å².